The van der Waals surface area contributed by atoms with Gasteiger partial charge in [0.15, 0.2) is 5.78 Å². The number of methoxy groups -OCH3 is 1. The van der Waals surface area contributed by atoms with Crippen LogP contribution in [0.3, 0.4) is 0 Å². The van der Waals surface area contributed by atoms with Crippen molar-refractivity contribution in [3.05, 3.63) is 87.2 Å². The SMILES string of the molecule is COc1cc(C(C)=O)ccc1NC(=O)[C@@H]1N[C@@H](CC(C)(C)C)C2(C(=O)Nc3cc(Cl)ccc32)[C@@H]1c1cccc(Cl)c1F. The number of nitrogens with one attached hydrogen (secondary N) is 3. The minimum atomic E-state index is -1.37. The van der Waals surface area contributed by atoms with E-state index >= 15 is 4.39 Å². The Morgan fingerprint density at radius 2 is 1.83 bits per heavy atom. The van der Waals surface area contributed by atoms with Crippen LogP contribution < -0.4 is 20.7 Å². The van der Waals surface area contributed by atoms with Crippen molar-refractivity contribution in [1.29, 1.82) is 0 Å². The van der Waals surface area contributed by atoms with E-state index in [4.69, 9.17) is 27.9 Å². The number of carbonyl (C=O) groups excluding carboxylic acids is 3. The molecule has 5 rings (SSSR count). The highest BCUT2D eigenvalue weighted by Crippen LogP contribution is 2.57. The molecule has 220 valence electrons. The first kappa shape index (κ1) is 30.0. The second-order valence-electron chi connectivity index (χ2n) is 12.1. The Balaban J connectivity index is 1.70. The van der Waals surface area contributed by atoms with E-state index in [1.807, 2.05) is 20.8 Å². The number of amides is 2. The molecule has 2 aliphatic heterocycles. The molecule has 4 atom stereocenters. The maximum atomic E-state index is 15.9. The van der Waals surface area contributed by atoms with E-state index in [1.165, 1.54) is 20.1 Å². The molecule has 1 saturated heterocycles. The molecule has 2 amide bonds. The van der Waals surface area contributed by atoms with Gasteiger partial charge in [-0.05, 0) is 66.3 Å². The molecule has 0 saturated carbocycles. The molecule has 0 bridgehead atoms. The van der Waals surface area contributed by atoms with Gasteiger partial charge in [-0.2, -0.15) is 0 Å². The fourth-order valence-corrected chi connectivity index (χ4v) is 6.73. The first-order valence-corrected chi connectivity index (χ1v) is 14.3. The molecule has 2 heterocycles. The van der Waals surface area contributed by atoms with Gasteiger partial charge in [0.2, 0.25) is 11.8 Å². The van der Waals surface area contributed by atoms with Gasteiger partial charge in [-0.15, -0.1) is 0 Å². The van der Waals surface area contributed by atoms with Crippen molar-refractivity contribution in [2.75, 3.05) is 17.7 Å². The van der Waals surface area contributed by atoms with E-state index in [1.54, 1.807) is 48.5 Å². The van der Waals surface area contributed by atoms with Gasteiger partial charge in [-0.3, -0.25) is 14.4 Å². The van der Waals surface area contributed by atoms with Crippen molar-refractivity contribution >= 4 is 52.2 Å². The lowest BCUT2D eigenvalue weighted by molar-refractivity contribution is -0.122. The third-order valence-electron chi connectivity index (χ3n) is 8.09. The number of carbonyl (C=O) groups is 3. The van der Waals surface area contributed by atoms with Crippen LogP contribution in [0.25, 0.3) is 0 Å². The lowest BCUT2D eigenvalue weighted by atomic mass is 9.62. The molecule has 7 nitrogen and oxygen atoms in total. The molecule has 42 heavy (non-hydrogen) atoms. The minimum Gasteiger partial charge on any atom is -0.495 e. The molecule has 1 fully saturated rings. The number of halogens is 3. The number of anilines is 2. The summed E-state index contributed by atoms with van der Waals surface area (Å²) in [6.07, 6.45) is 0.488. The van der Waals surface area contributed by atoms with E-state index in [0.717, 1.165) is 0 Å². The Bertz CT molecular complexity index is 1610. The molecule has 3 N–H and O–H groups in total. The van der Waals surface area contributed by atoms with Gasteiger partial charge in [0, 0.05) is 28.2 Å². The quantitative estimate of drug-likeness (QED) is 0.268. The molecule has 1 unspecified atom stereocenters. The standard InChI is InChI=1S/C32H32Cl2FN3O4/c1-16(39)17-9-12-22(24(13-17)42-5)36-29(40)28-26(19-7-6-8-21(34)27(19)35)32(25(38-28)15-31(2,3)4)20-11-10-18(33)14-23(20)37-30(32)41/h6-14,25-26,28,38H,15H2,1-5H3,(H,36,40)(H,37,41)/t25-,26+,28+,32?/m0/s1. The largest absolute Gasteiger partial charge is 0.495 e. The van der Waals surface area contributed by atoms with Crippen LogP contribution in [-0.4, -0.2) is 36.8 Å². The molecule has 0 radical (unpaired) electrons. The summed E-state index contributed by atoms with van der Waals surface area (Å²) in [6, 6.07) is 12.8. The maximum absolute atomic E-state index is 15.9. The summed E-state index contributed by atoms with van der Waals surface area (Å²) in [5.74, 6) is -2.41. The molecule has 3 aromatic rings. The Hall–Kier alpha value is -3.46. The fraction of sp³-hybridized carbons (Fsp3) is 0.344. The fourth-order valence-electron chi connectivity index (χ4n) is 6.38. The van der Waals surface area contributed by atoms with Crippen LogP contribution in [0.15, 0.2) is 54.6 Å². The molecular formula is C32H32Cl2FN3O4. The number of Topliss-reactive ketones (excluding diaryl/α,β-unsaturated/α-hetero) is 1. The summed E-state index contributed by atoms with van der Waals surface area (Å²) in [6.45, 7) is 7.57. The monoisotopic (exact) mass is 611 g/mol. The van der Waals surface area contributed by atoms with E-state index in [0.29, 0.717) is 39.7 Å². The van der Waals surface area contributed by atoms with Crippen molar-refractivity contribution in [1.82, 2.24) is 5.32 Å². The summed E-state index contributed by atoms with van der Waals surface area (Å²) in [5.41, 5.74) is 0.395. The summed E-state index contributed by atoms with van der Waals surface area (Å²) in [5, 5.41) is 9.62. The molecular weight excluding hydrogens is 580 g/mol. The van der Waals surface area contributed by atoms with Gasteiger partial charge in [-0.25, -0.2) is 4.39 Å². The lowest BCUT2D eigenvalue weighted by Crippen LogP contribution is -2.49. The summed E-state index contributed by atoms with van der Waals surface area (Å²) < 4.78 is 21.4. The number of rotatable bonds is 6. The zero-order valence-electron chi connectivity index (χ0n) is 23.9. The van der Waals surface area contributed by atoms with Gasteiger partial charge in [-0.1, -0.05) is 62.2 Å². The van der Waals surface area contributed by atoms with Crippen LogP contribution in [-0.2, 0) is 15.0 Å². The highest BCUT2D eigenvalue weighted by Gasteiger charge is 2.66. The topological polar surface area (TPSA) is 96.5 Å². The predicted molar refractivity (Wildman–Crippen MR) is 162 cm³/mol. The van der Waals surface area contributed by atoms with Crippen LogP contribution in [0, 0.1) is 11.2 Å². The van der Waals surface area contributed by atoms with Gasteiger partial charge in [0.1, 0.15) is 17.0 Å². The third kappa shape index (κ3) is 5.06. The summed E-state index contributed by atoms with van der Waals surface area (Å²) in [7, 11) is 1.44. The summed E-state index contributed by atoms with van der Waals surface area (Å²) >= 11 is 12.6. The van der Waals surface area contributed by atoms with E-state index in [-0.39, 0.29) is 27.7 Å². The highest BCUT2D eigenvalue weighted by atomic mass is 35.5. The summed E-state index contributed by atoms with van der Waals surface area (Å²) in [4.78, 5) is 40.4. The third-order valence-corrected chi connectivity index (χ3v) is 8.61. The number of fused-ring (bicyclic) bond motifs is 2. The molecule has 10 heteroatoms. The van der Waals surface area contributed by atoms with E-state index < -0.39 is 35.1 Å². The van der Waals surface area contributed by atoms with Crippen LogP contribution >= 0.6 is 23.2 Å². The number of ketones is 1. The lowest BCUT2D eigenvalue weighted by Gasteiger charge is -2.37. The van der Waals surface area contributed by atoms with Crippen LogP contribution in [0.2, 0.25) is 10.0 Å². The van der Waals surface area contributed by atoms with Crippen molar-refractivity contribution in [3.63, 3.8) is 0 Å². The zero-order valence-corrected chi connectivity index (χ0v) is 25.4. The Kier molecular flexibility index (Phi) is 7.85. The smallest absolute Gasteiger partial charge is 0.242 e. The molecule has 0 aromatic heterocycles. The normalized spacial score (nSPS) is 23.0. The van der Waals surface area contributed by atoms with Crippen molar-refractivity contribution in [2.24, 2.45) is 5.41 Å². The van der Waals surface area contributed by atoms with Gasteiger partial charge >= 0.3 is 0 Å². The second-order valence-corrected chi connectivity index (χ2v) is 12.9. The van der Waals surface area contributed by atoms with Gasteiger partial charge < -0.3 is 20.7 Å². The van der Waals surface area contributed by atoms with Crippen molar-refractivity contribution in [3.8, 4) is 5.75 Å². The number of ether oxygens (including phenoxy) is 1. The molecule has 3 aromatic carbocycles. The predicted octanol–water partition coefficient (Wildman–Crippen LogP) is 6.73. The number of hydrogen-bond donors (Lipinski definition) is 3. The van der Waals surface area contributed by atoms with Crippen LogP contribution in [0.5, 0.6) is 5.75 Å². The molecule has 0 aliphatic carbocycles. The van der Waals surface area contributed by atoms with Crippen LogP contribution in [0.4, 0.5) is 15.8 Å². The first-order valence-electron chi connectivity index (χ1n) is 13.6. The van der Waals surface area contributed by atoms with E-state index in [2.05, 4.69) is 16.0 Å². The molecule has 2 aliphatic rings. The second kappa shape index (κ2) is 11.0. The minimum absolute atomic E-state index is 0.114. The average Bonchev–Trinajstić information content (AvgIpc) is 3.39. The van der Waals surface area contributed by atoms with Crippen molar-refractivity contribution in [2.45, 2.75) is 57.5 Å². The van der Waals surface area contributed by atoms with Crippen LogP contribution in [0.1, 0.15) is 61.5 Å². The average molecular weight is 613 g/mol. The molecule has 1 spiro atoms. The zero-order chi connectivity index (χ0) is 30.6. The van der Waals surface area contributed by atoms with Gasteiger partial charge in [0.25, 0.3) is 0 Å². The van der Waals surface area contributed by atoms with E-state index in [9.17, 15) is 14.4 Å². The number of hydrogen-bond acceptors (Lipinski definition) is 5. The Morgan fingerprint density at radius 1 is 1.10 bits per heavy atom. The highest BCUT2D eigenvalue weighted by molar-refractivity contribution is 6.31. The van der Waals surface area contributed by atoms with Gasteiger partial charge in [0.05, 0.1) is 23.9 Å². The Morgan fingerprint density at radius 3 is 2.50 bits per heavy atom. The Labute approximate surface area is 254 Å². The first-order chi connectivity index (χ1) is 19.8. The number of benzene rings is 3. The maximum Gasteiger partial charge on any atom is 0.242 e. The van der Waals surface area contributed by atoms with Crippen molar-refractivity contribution < 1.29 is 23.5 Å².